The Labute approximate surface area is 109 Å². The van der Waals surface area contributed by atoms with Crippen LogP contribution in [0, 0.1) is 0 Å². The maximum absolute atomic E-state index is 10.5. The molecule has 0 radical (unpaired) electrons. The van der Waals surface area contributed by atoms with Crippen LogP contribution in [0.1, 0.15) is 11.7 Å². The molecular formula is C10H9NaO4. The maximum atomic E-state index is 10.5. The normalized spacial score (nSPS) is 22.7. The number of ether oxygens (including phenoxy) is 2. The molecule has 1 aromatic carbocycles. The zero-order valence-electron chi connectivity index (χ0n) is 8.60. The van der Waals surface area contributed by atoms with Gasteiger partial charge in [-0.05, 0) is 6.07 Å². The van der Waals surface area contributed by atoms with Gasteiger partial charge in [-0.15, -0.1) is 0 Å². The number of carbonyl (C=O) groups excluding carboxylic acids is 1. The van der Waals surface area contributed by atoms with Gasteiger partial charge < -0.3 is 19.4 Å². The van der Waals surface area contributed by atoms with E-state index in [4.69, 9.17) is 9.47 Å². The summed E-state index contributed by atoms with van der Waals surface area (Å²) in [4.78, 5) is 10.5. The molecule has 0 bridgehead atoms. The van der Waals surface area contributed by atoms with Gasteiger partial charge in [-0.1, -0.05) is 18.2 Å². The smallest absolute Gasteiger partial charge is 0.547 e. The molecule has 1 fully saturated rings. The minimum absolute atomic E-state index is 0. The van der Waals surface area contributed by atoms with Crippen molar-refractivity contribution in [2.45, 2.75) is 12.2 Å². The Morgan fingerprint density at radius 1 is 1.47 bits per heavy atom. The molecule has 1 aliphatic rings. The second-order valence-corrected chi connectivity index (χ2v) is 3.04. The number of aliphatic carboxylic acids is 1. The second-order valence-electron chi connectivity index (χ2n) is 3.04. The summed E-state index contributed by atoms with van der Waals surface area (Å²) in [6, 6.07) is 7.18. The van der Waals surface area contributed by atoms with Crippen molar-refractivity contribution in [3.63, 3.8) is 0 Å². The van der Waals surface area contributed by atoms with Gasteiger partial charge in [0, 0.05) is 5.56 Å². The molecule has 15 heavy (non-hydrogen) atoms. The van der Waals surface area contributed by atoms with Crippen LogP contribution >= 0.6 is 0 Å². The van der Waals surface area contributed by atoms with Crippen molar-refractivity contribution in [1.82, 2.24) is 0 Å². The molecule has 2 unspecified atom stereocenters. The van der Waals surface area contributed by atoms with Gasteiger partial charge in [-0.25, -0.2) is 0 Å². The Morgan fingerprint density at radius 2 is 2.13 bits per heavy atom. The van der Waals surface area contributed by atoms with Crippen LogP contribution in [0.15, 0.2) is 24.3 Å². The Hall–Kier alpha value is -0.550. The Balaban J connectivity index is 0.00000112. The molecule has 2 atom stereocenters. The number of rotatable bonds is 3. The molecule has 5 heteroatoms. The number of benzene rings is 1. The van der Waals surface area contributed by atoms with E-state index >= 15 is 0 Å². The molecule has 1 aromatic rings. The third-order valence-corrected chi connectivity index (χ3v) is 2.17. The van der Waals surface area contributed by atoms with E-state index in [0.717, 1.165) is 5.56 Å². The molecular weight excluding hydrogens is 207 g/mol. The number of carboxylic acid groups (broad SMARTS) is 1. The SMILES string of the molecule is COc1ccccc1C1OC1C(=O)[O-].[Na+]. The molecule has 0 amide bonds. The molecule has 1 heterocycles. The monoisotopic (exact) mass is 216 g/mol. The Kier molecular flexibility index (Phi) is 4.16. The second kappa shape index (κ2) is 4.99. The fourth-order valence-electron chi connectivity index (χ4n) is 1.43. The van der Waals surface area contributed by atoms with Crippen LogP contribution in [0.2, 0.25) is 0 Å². The number of carbonyl (C=O) groups is 1. The predicted molar refractivity (Wildman–Crippen MR) is 45.6 cm³/mol. The van der Waals surface area contributed by atoms with Crippen LogP contribution in [0.3, 0.4) is 0 Å². The first-order valence-corrected chi connectivity index (χ1v) is 4.23. The van der Waals surface area contributed by atoms with E-state index in [9.17, 15) is 9.90 Å². The van der Waals surface area contributed by atoms with E-state index in [0.29, 0.717) is 5.75 Å². The number of epoxide rings is 1. The van der Waals surface area contributed by atoms with Crippen molar-refractivity contribution in [2.24, 2.45) is 0 Å². The molecule has 0 aromatic heterocycles. The zero-order chi connectivity index (χ0) is 10.1. The van der Waals surface area contributed by atoms with Gasteiger partial charge in [-0.3, -0.25) is 0 Å². The van der Waals surface area contributed by atoms with Crippen LogP contribution in [0.5, 0.6) is 5.75 Å². The summed E-state index contributed by atoms with van der Waals surface area (Å²) in [6.45, 7) is 0. The van der Waals surface area contributed by atoms with E-state index in [-0.39, 0.29) is 29.6 Å². The van der Waals surface area contributed by atoms with Crippen molar-refractivity contribution in [3.05, 3.63) is 29.8 Å². The van der Waals surface area contributed by atoms with Gasteiger partial charge in [0.15, 0.2) is 0 Å². The van der Waals surface area contributed by atoms with Crippen LogP contribution in [0.4, 0.5) is 0 Å². The first-order valence-electron chi connectivity index (χ1n) is 4.23. The van der Waals surface area contributed by atoms with E-state index in [2.05, 4.69) is 0 Å². The number of methoxy groups -OCH3 is 1. The van der Waals surface area contributed by atoms with Gasteiger partial charge in [0.25, 0.3) is 0 Å². The molecule has 0 spiro atoms. The number of para-hydroxylation sites is 1. The largest absolute Gasteiger partial charge is 1.00 e. The summed E-state index contributed by atoms with van der Waals surface area (Å²) in [5, 5.41) is 10.5. The summed E-state index contributed by atoms with van der Waals surface area (Å²) in [7, 11) is 1.54. The summed E-state index contributed by atoms with van der Waals surface area (Å²) in [6.07, 6.45) is -1.25. The van der Waals surface area contributed by atoms with Crippen LogP contribution in [-0.2, 0) is 9.53 Å². The first kappa shape index (κ1) is 12.5. The van der Waals surface area contributed by atoms with Crippen molar-refractivity contribution in [1.29, 1.82) is 0 Å². The van der Waals surface area contributed by atoms with E-state index < -0.39 is 18.2 Å². The van der Waals surface area contributed by atoms with E-state index in [1.165, 1.54) is 7.11 Å². The van der Waals surface area contributed by atoms with Crippen LogP contribution in [-0.4, -0.2) is 19.2 Å². The van der Waals surface area contributed by atoms with Crippen molar-refractivity contribution < 1.29 is 48.9 Å². The summed E-state index contributed by atoms with van der Waals surface area (Å²) < 4.78 is 10.0. The third-order valence-electron chi connectivity index (χ3n) is 2.17. The zero-order valence-corrected chi connectivity index (χ0v) is 10.6. The van der Waals surface area contributed by atoms with Crippen molar-refractivity contribution in [2.75, 3.05) is 7.11 Å². The van der Waals surface area contributed by atoms with Crippen LogP contribution in [0.25, 0.3) is 0 Å². The molecule has 2 rings (SSSR count). The predicted octanol–water partition coefficient (Wildman–Crippen LogP) is -3.11. The average molecular weight is 216 g/mol. The molecule has 74 valence electrons. The Morgan fingerprint density at radius 3 is 2.67 bits per heavy atom. The summed E-state index contributed by atoms with van der Waals surface area (Å²) in [5.41, 5.74) is 0.754. The standard InChI is InChI=1S/C10H10O4.Na/c1-13-7-5-3-2-4-6(7)8-9(14-8)10(11)12;/h2-5,8-9H,1H3,(H,11,12);/q;+1/p-1. The fraction of sp³-hybridized carbons (Fsp3) is 0.300. The third kappa shape index (κ3) is 2.52. The molecule has 0 saturated carbocycles. The minimum atomic E-state index is -1.18. The van der Waals surface area contributed by atoms with Crippen LogP contribution < -0.4 is 39.4 Å². The fourth-order valence-corrected chi connectivity index (χ4v) is 1.43. The molecule has 0 N–H and O–H groups in total. The number of hydrogen-bond donors (Lipinski definition) is 0. The minimum Gasteiger partial charge on any atom is -0.547 e. The van der Waals surface area contributed by atoms with Crippen molar-refractivity contribution in [3.8, 4) is 5.75 Å². The molecule has 4 nitrogen and oxygen atoms in total. The molecule has 1 aliphatic heterocycles. The topological polar surface area (TPSA) is 61.9 Å². The maximum Gasteiger partial charge on any atom is 1.00 e. The van der Waals surface area contributed by atoms with Gasteiger partial charge in [0.2, 0.25) is 0 Å². The van der Waals surface area contributed by atoms with Gasteiger partial charge in [0.05, 0.1) is 13.1 Å². The molecule has 0 aliphatic carbocycles. The van der Waals surface area contributed by atoms with E-state index in [1.807, 2.05) is 12.1 Å². The van der Waals surface area contributed by atoms with Crippen molar-refractivity contribution >= 4 is 5.97 Å². The summed E-state index contributed by atoms with van der Waals surface area (Å²) >= 11 is 0. The summed E-state index contributed by atoms with van der Waals surface area (Å²) in [5.74, 6) is -0.540. The van der Waals surface area contributed by atoms with E-state index in [1.54, 1.807) is 12.1 Å². The number of carboxylic acids is 1. The molecule has 1 saturated heterocycles. The Bertz CT molecular complexity index is 366. The van der Waals surface area contributed by atoms with Gasteiger partial charge in [0.1, 0.15) is 18.0 Å². The quantitative estimate of drug-likeness (QED) is 0.396. The van der Waals surface area contributed by atoms with Gasteiger partial charge >= 0.3 is 29.6 Å². The first-order chi connectivity index (χ1) is 6.74. The van der Waals surface area contributed by atoms with Gasteiger partial charge in [-0.2, -0.15) is 0 Å². The number of hydrogen-bond acceptors (Lipinski definition) is 4. The average Bonchev–Trinajstić information content (AvgIpc) is 2.97.